The summed E-state index contributed by atoms with van der Waals surface area (Å²) < 4.78 is 5.34. The molecule has 0 amide bonds. The van der Waals surface area contributed by atoms with Crippen LogP contribution in [0.15, 0.2) is 30.3 Å². The third-order valence-corrected chi connectivity index (χ3v) is 1.55. The molecular weight excluding hydrogens is 484 g/mol. The van der Waals surface area contributed by atoms with Crippen LogP contribution in [0.2, 0.25) is 0 Å². The molecule has 0 atom stereocenters. The molecule has 1 aliphatic rings. The van der Waals surface area contributed by atoms with Crippen molar-refractivity contribution in [1.29, 1.82) is 0 Å². The maximum Gasteiger partial charge on any atom is 2.00 e. The Morgan fingerprint density at radius 3 is 2.31 bits per heavy atom. The van der Waals surface area contributed by atoms with E-state index < -0.39 is 0 Å². The Balaban J connectivity index is -0.0000000302. The van der Waals surface area contributed by atoms with Crippen molar-refractivity contribution in [1.82, 2.24) is 0 Å². The van der Waals surface area contributed by atoms with Crippen molar-refractivity contribution in [3.63, 3.8) is 0 Å². The number of benzene rings is 1. The molecule has 0 spiro atoms. The van der Waals surface area contributed by atoms with Gasteiger partial charge >= 0.3 is 23.1 Å². The maximum atomic E-state index is 5.34. The zero-order valence-corrected chi connectivity index (χ0v) is 18.0. The summed E-state index contributed by atoms with van der Waals surface area (Å²) in [4.78, 5) is 0. The van der Waals surface area contributed by atoms with Crippen molar-refractivity contribution < 1.29 is 99.3 Å². The molecule has 0 aliphatic carbocycles. The second-order valence-corrected chi connectivity index (χ2v) is 2.25. The molecule has 16 heavy (non-hydrogen) atoms. The molecule has 0 bridgehead atoms. The van der Waals surface area contributed by atoms with Gasteiger partial charge in [0.15, 0.2) is 0 Å². The number of para-hydroxylation sites is 1. The summed E-state index contributed by atoms with van der Waals surface area (Å²) in [6.45, 7) is 0.705. The Kier molecular flexibility index (Phi) is 33.7. The molecule has 0 fully saturated rings. The predicted octanol–water partition coefficient (Wildman–Crippen LogP) is 1.92. The SMILES string of the molecule is C1=Cc2ccccc2OC1.[Cu].[Fe].[H-].[H-].[Mg+2].[Mn].[Mo].[Zn]. The molecule has 0 unspecified atom stereocenters. The van der Waals surface area contributed by atoms with Gasteiger partial charge in [-0.1, -0.05) is 24.3 Å². The van der Waals surface area contributed by atoms with Crippen molar-refractivity contribution >= 4 is 29.1 Å². The number of hydrogen-bond acceptors (Lipinski definition) is 1. The Bertz CT molecular complexity index is 303. The van der Waals surface area contributed by atoms with Crippen LogP contribution >= 0.6 is 0 Å². The minimum Gasteiger partial charge on any atom is -1.00 e. The van der Waals surface area contributed by atoms with E-state index in [-0.39, 0.29) is 118 Å². The van der Waals surface area contributed by atoms with Gasteiger partial charge in [-0.05, 0) is 12.1 Å². The van der Waals surface area contributed by atoms with Gasteiger partial charge in [0.2, 0.25) is 0 Å². The fourth-order valence-electron chi connectivity index (χ4n) is 1.06. The van der Waals surface area contributed by atoms with Crippen LogP contribution in [0, 0.1) is 0 Å². The first-order valence-corrected chi connectivity index (χ1v) is 3.35. The monoisotopic (exact) mass is 494 g/mol. The van der Waals surface area contributed by atoms with Gasteiger partial charge < -0.3 is 7.59 Å². The van der Waals surface area contributed by atoms with Crippen molar-refractivity contribution in [3.8, 4) is 5.75 Å². The summed E-state index contributed by atoms with van der Waals surface area (Å²) in [5, 5.41) is 0. The predicted molar refractivity (Wildman–Crippen MR) is 48.9 cm³/mol. The zero-order valence-electron chi connectivity index (χ0n) is 10.4. The molecule has 2 rings (SSSR count). The summed E-state index contributed by atoms with van der Waals surface area (Å²) >= 11 is 0. The van der Waals surface area contributed by atoms with Crippen LogP contribution in [-0.2, 0) is 91.7 Å². The van der Waals surface area contributed by atoms with E-state index in [1.54, 1.807) is 0 Å². The molecule has 1 aliphatic heterocycles. The first-order valence-electron chi connectivity index (χ1n) is 3.35. The molecule has 7 heteroatoms. The average molecular weight is 494 g/mol. The summed E-state index contributed by atoms with van der Waals surface area (Å²) in [5.74, 6) is 0.991. The van der Waals surface area contributed by atoms with Crippen LogP contribution < -0.4 is 4.74 Å². The van der Waals surface area contributed by atoms with E-state index in [4.69, 9.17) is 4.74 Å². The molecule has 1 aromatic carbocycles. The average Bonchev–Trinajstić information content (AvgIpc) is 2.05. The topological polar surface area (TPSA) is 9.23 Å². The van der Waals surface area contributed by atoms with Gasteiger partial charge in [0.1, 0.15) is 12.4 Å². The summed E-state index contributed by atoms with van der Waals surface area (Å²) in [5.41, 5.74) is 1.17. The summed E-state index contributed by atoms with van der Waals surface area (Å²) in [6.07, 6.45) is 4.10. The third-order valence-electron chi connectivity index (χ3n) is 1.55. The molecule has 1 heterocycles. The standard InChI is InChI=1S/C9H8O.Cu.Fe.Mg.Mn.Mo.Zn.2H/c1-2-6-9-8(4-1)5-3-7-10-9;;;;;;;;/h1-6H,7H2;;;;;;;;/q;;;+2;;;;2*-1. The molecule has 88 valence electrons. The Morgan fingerprint density at radius 2 is 1.75 bits per heavy atom. The molecule has 0 saturated carbocycles. The Labute approximate surface area is 174 Å². The van der Waals surface area contributed by atoms with Gasteiger partial charge in [-0.2, -0.15) is 0 Å². The summed E-state index contributed by atoms with van der Waals surface area (Å²) in [6, 6.07) is 8.03. The maximum absolute atomic E-state index is 5.34. The van der Waals surface area contributed by atoms with Gasteiger partial charge in [-0.25, -0.2) is 0 Å². The molecular formula is C9H10CuFeMgMnMoOZn. The van der Waals surface area contributed by atoms with E-state index in [2.05, 4.69) is 6.08 Å². The van der Waals surface area contributed by atoms with Crippen LogP contribution in [0.1, 0.15) is 8.42 Å². The third kappa shape index (κ3) is 9.34. The van der Waals surface area contributed by atoms with Gasteiger partial charge in [-0.3, -0.25) is 0 Å². The minimum absolute atomic E-state index is 0. The van der Waals surface area contributed by atoms with Crippen LogP contribution in [0.25, 0.3) is 6.08 Å². The van der Waals surface area contributed by atoms with Crippen molar-refractivity contribution in [2.75, 3.05) is 6.61 Å². The van der Waals surface area contributed by atoms with Gasteiger partial charge in [0, 0.05) is 97.3 Å². The van der Waals surface area contributed by atoms with E-state index >= 15 is 0 Å². The smallest absolute Gasteiger partial charge is 1.00 e. The van der Waals surface area contributed by atoms with E-state index in [1.165, 1.54) is 5.56 Å². The minimum atomic E-state index is 0. The molecule has 1 aromatic rings. The largest absolute Gasteiger partial charge is 2.00 e. The van der Waals surface area contributed by atoms with Crippen molar-refractivity contribution in [2.24, 2.45) is 0 Å². The van der Waals surface area contributed by atoms with Gasteiger partial charge in [-0.15, -0.1) is 0 Å². The van der Waals surface area contributed by atoms with Crippen LogP contribution in [0.4, 0.5) is 0 Å². The second-order valence-electron chi connectivity index (χ2n) is 2.25. The van der Waals surface area contributed by atoms with E-state index in [9.17, 15) is 0 Å². The Morgan fingerprint density at radius 1 is 1.19 bits per heavy atom. The second kappa shape index (κ2) is 17.4. The van der Waals surface area contributed by atoms with Crippen LogP contribution in [-0.4, -0.2) is 29.7 Å². The Hall–Kier alpha value is 2.40. The van der Waals surface area contributed by atoms with Crippen molar-refractivity contribution in [2.45, 2.75) is 0 Å². The summed E-state index contributed by atoms with van der Waals surface area (Å²) in [7, 11) is 0. The van der Waals surface area contributed by atoms with Gasteiger partial charge in [0.25, 0.3) is 0 Å². The number of hydrogen-bond donors (Lipinski definition) is 0. The van der Waals surface area contributed by atoms with Crippen LogP contribution in [0.3, 0.4) is 0 Å². The normalized spacial score (nSPS) is 8.75. The molecule has 0 N–H and O–H groups in total. The van der Waals surface area contributed by atoms with E-state index in [1.807, 2.05) is 30.3 Å². The molecule has 1 nitrogen and oxygen atoms in total. The van der Waals surface area contributed by atoms with E-state index in [0.717, 1.165) is 5.75 Å². The molecule has 0 saturated heterocycles. The quantitative estimate of drug-likeness (QED) is 0.502. The number of fused-ring (bicyclic) bond motifs is 1. The number of ether oxygens (including phenoxy) is 1. The molecule has 2 radical (unpaired) electrons. The van der Waals surface area contributed by atoms with Crippen molar-refractivity contribution in [3.05, 3.63) is 35.9 Å². The fraction of sp³-hybridized carbons (Fsp3) is 0.111. The fourth-order valence-corrected chi connectivity index (χ4v) is 1.06. The first kappa shape index (κ1) is 31.0. The van der Waals surface area contributed by atoms with Gasteiger partial charge in [0.05, 0.1) is 0 Å². The van der Waals surface area contributed by atoms with E-state index in [0.29, 0.717) is 6.61 Å². The number of rotatable bonds is 0. The molecule has 0 aromatic heterocycles. The van der Waals surface area contributed by atoms with Crippen LogP contribution in [0.5, 0.6) is 5.75 Å². The first-order chi connectivity index (χ1) is 4.97. The zero-order chi connectivity index (χ0) is 6.81.